The van der Waals surface area contributed by atoms with Crippen LogP contribution in [0, 0.1) is 5.92 Å². The molecule has 1 aliphatic carbocycles. The van der Waals surface area contributed by atoms with Crippen LogP contribution in [0.4, 0.5) is 0 Å². The van der Waals surface area contributed by atoms with Gasteiger partial charge in [-0.2, -0.15) is 12.6 Å². The minimum atomic E-state index is 0.287. The number of aliphatic hydroxyl groups excluding tert-OH is 1. The summed E-state index contributed by atoms with van der Waals surface area (Å²) in [6.07, 6.45) is 6.76. The molecule has 0 spiro atoms. The third-order valence-electron chi connectivity index (χ3n) is 3.34. The van der Waals surface area contributed by atoms with E-state index in [9.17, 15) is 0 Å². The Bertz CT molecular complexity index is 160. The SMILES string of the molecule is CC(CS)CN(CCO)C1CCCCC1. The standard InChI is InChI=1S/C12H25NOS/c1-11(10-15)9-13(7-8-14)12-5-3-2-4-6-12/h11-12,14-15H,2-10H2,1H3. The molecule has 0 aromatic rings. The molecule has 0 amide bonds. The molecule has 0 heterocycles. The van der Waals surface area contributed by atoms with E-state index < -0.39 is 0 Å². The second-order valence-corrected chi connectivity index (χ2v) is 5.16. The van der Waals surface area contributed by atoms with Crippen molar-refractivity contribution >= 4 is 12.6 Å². The van der Waals surface area contributed by atoms with Gasteiger partial charge in [-0.3, -0.25) is 4.90 Å². The van der Waals surface area contributed by atoms with Gasteiger partial charge in [0, 0.05) is 19.1 Å². The quantitative estimate of drug-likeness (QED) is 0.685. The predicted molar refractivity (Wildman–Crippen MR) is 68.5 cm³/mol. The first-order valence-corrected chi connectivity index (χ1v) is 6.87. The Morgan fingerprint density at radius 3 is 2.53 bits per heavy atom. The highest BCUT2D eigenvalue weighted by molar-refractivity contribution is 7.80. The molecule has 0 aromatic heterocycles. The van der Waals surface area contributed by atoms with Gasteiger partial charge in [0.05, 0.1) is 6.61 Å². The first-order chi connectivity index (χ1) is 7.27. The van der Waals surface area contributed by atoms with E-state index >= 15 is 0 Å². The highest BCUT2D eigenvalue weighted by atomic mass is 32.1. The van der Waals surface area contributed by atoms with Gasteiger partial charge in [0.25, 0.3) is 0 Å². The fraction of sp³-hybridized carbons (Fsp3) is 1.00. The van der Waals surface area contributed by atoms with E-state index in [4.69, 9.17) is 5.11 Å². The molecule has 1 atom stereocenters. The number of hydrogen-bond acceptors (Lipinski definition) is 3. The maximum absolute atomic E-state index is 9.09. The van der Waals surface area contributed by atoms with E-state index in [0.717, 1.165) is 18.8 Å². The highest BCUT2D eigenvalue weighted by Crippen LogP contribution is 2.23. The maximum atomic E-state index is 9.09. The first-order valence-electron chi connectivity index (χ1n) is 6.23. The Morgan fingerprint density at radius 1 is 1.33 bits per heavy atom. The molecule has 3 heteroatoms. The van der Waals surface area contributed by atoms with Crippen LogP contribution in [0.1, 0.15) is 39.0 Å². The van der Waals surface area contributed by atoms with Gasteiger partial charge in [-0.05, 0) is 24.5 Å². The van der Waals surface area contributed by atoms with Crippen molar-refractivity contribution in [3.05, 3.63) is 0 Å². The highest BCUT2D eigenvalue weighted by Gasteiger charge is 2.21. The van der Waals surface area contributed by atoms with Crippen LogP contribution in [-0.2, 0) is 0 Å². The largest absolute Gasteiger partial charge is 0.395 e. The Labute approximate surface area is 99.5 Å². The number of thiol groups is 1. The zero-order chi connectivity index (χ0) is 11.1. The fourth-order valence-corrected chi connectivity index (χ4v) is 2.57. The van der Waals surface area contributed by atoms with Crippen LogP contribution in [0.15, 0.2) is 0 Å². The smallest absolute Gasteiger partial charge is 0.0558 e. The summed E-state index contributed by atoms with van der Waals surface area (Å²) in [6, 6.07) is 0.716. The summed E-state index contributed by atoms with van der Waals surface area (Å²) in [4.78, 5) is 2.47. The second-order valence-electron chi connectivity index (χ2n) is 4.80. The maximum Gasteiger partial charge on any atom is 0.0558 e. The van der Waals surface area contributed by atoms with Gasteiger partial charge in [-0.1, -0.05) is 26.2 Å². The van der Waals surface area contributed by atoms with Gasteiger partial charge in [-0.25, -0.2) is 0 Å². The summed E-state index contributed by atoms with van der Waals surface area (Å²) in [7, 11) is 0. The molecule has 1 fully saturated rings. The Morgan fingerprint density at radius 2 is 2.00 bits per heavy atom. The molecule has 90 valence electrons. The van der Waals surface area contributed by atoms with Crippen LogP contribution in [0.25, 0.3) is 0 Å². The zero-order valence-electron chi connectivity index (χ0n) is 9.86. The monoisotopic (exact) mass is 231 g/mol. The van der Waals surface area contributed by atoms with Crippen molar-refractivity contribution in [2.24, 2.45) is 5.92 Å². The molecule has 15 heavy (non-hydrogen) atoms. The molecule has 2 nitrogen and oxygen atoms in total. The first kappa shape index (κ1) is 13.3. The topological polar surface area (TPSA) is 23.5 Å². The summed E-state index contributed by atoms with van der Waals surface area (Å²) < 4.78 is 0. The summed E-state index contributed by atoms with van der Waals surface area (Å²) >= 11 is 4.33. The fourth-order valence-electron chi connectivity index (χ4n) is 2.46. The van der Waals surface area contributed by atoms with Gasteiger partial charge in [0.15, 0.2) is 0 Å². The molecule has 1 rings (SSSR count). The third kappa shape index (κ3) is 4.75. The third-order valence-corrected chi connectivity index (χ3v) is 3.96. The van der Waals surface area contributed by atoms with Crippen molar-refractivity contribution in [2.45, 2.75) is 45.1 Å². The van der Waals surface area contributed by atoms with E-state index in [-0.39, 0.29) is 6.61 Å². The van der Waals surface area contributed by atoms with Crippen LogP contribution in [-0.4, -0.2) is 41.5 Å². The molecular weight excluding hydrogens is 206 g/mol. The molecule has 0 radical (unpaired) electrons. The summed E-state index contributed by atoms with van der Waals surface area (Å²) in [5, 5.41) is 9.09. The Balaban J connectivity index is 2.39. The summed E-state index contributed by atoms with van der Waals surface area (Å²) in [5.41, 5.74) is 0. The van der Waals surface area contributed by atoms with E-state index in [1.807, 2.05) is 0 Å². The van der Waals surface area contributed by atoms with Crippen LogP contribution in [0.3, 0.4) is 0 Å². The van der Waals surface area contributed by atoms with Crippen LogP contribution in [0.5, 0.6) is 0 Å². The van der Waals surface area contributed by atoms with Crippen molar-refractivity contribution in [1.82, 2.24) is 4.90 Å². The minimum Gasteiger partial charge on any atom is -0.395 e. The van der Waals surface area contributed by atoms with E-state index in [1.165, 1.54) is 32.1 Å². The molecule has 0 bridgehead atoms. The molecule has 1 aliphatic rings. The molecule has 0 aliphatic heterocycles. The lowest BCUT2D eigenvalue weighted by Gasteiger charge is -2.35. The molecule has 0 aromatic carbocycles. The lowest BCUT2D eigenvalue weighted by atomic mass is 9.93. The molecular formula is C12H25NOS. The number of nitrogens with zero attached hydrogens (tertiary/aromatic N) is 1. The van der Waals surface area contributed by atoms with Crippen molar-refractivity contribution in [1.29, 1.82) is 0 Å². The van der Waals surface area contributed by atoms with Crippen molar-refractivity contribution in [2.75, 3.05) is 25.4 Å². The van der Waals surface area contributed by atoms with Gasteiger partial charge in [0.1, 0.15) is 0 Å². The second kappa shape index (κ2) is 7.53. The van der Waals surface area contributed by atoms with Gasteiger partial charge in [0.2, 0.25) is 0 Å². The number of aliphatic hydroxyl groups is 1. The van der Waals surface area contributed by atoms with Gasteiger partial charge >= 0.3 is 0 Å². The molecule has 0 saturated heterocycles. The normalized spacial score (nSPS) is 20.8. The Kier molecular flexibility index (Phi) is 6.69. The molecule has 1 N–H and O–H groups in total. The number of rotatable bonds is 6. The average Bonchev–Trinajstić information content (AvgIpc) is 2.29. The van der Waals surface area contributed by atoms with Crippen LogP contribution < -0.4 is 0 Å². The van der Waals surface area contributed by atoms with Crippen molar-refractivity contribution in [3.63, 3.8) is 0 Å². The predicted octanol–water partition coefficient (Wildman–Crippen LogP) is 2.18. The van der Waals surface area contributed by atoms with E-state index in [0.29, 0.717) is 12.0 Å². The van der Waals surface area contributed by atoms with Crippen molar-refractivity contribution < 1.29 is 5.11 Å². The lowest BCUT2D eigenvalue weighted by molar-refractivity contribution is 0.112. The average molecular weight is 231 g/mol. The lowest BCUT2D eigenvalue weighted by Crippen LogP contribution is -2.41. The van der Waals surface area contributed by atoms with Crippen LogP contribution in [0.2, 0.25) is 0 Å². The molecule has 1 saturated carbocycles. The minimum absolute atomic E-state index is 0.287. The molecule has 1 unspecified atom stereocenters. The van der Waals surface area contributed by atoms with E-state index in [2.05, 4.69) is 24.5 Å². The van der Waals surface area contributed by atoms with Crippen molar-refractivity contribution in [3.8, 4) is 0 Å². The summed E-state index contributed by atoms with van der Waals surface area (Å²) in [5.74, 6) is 1.57. The van der Waals surface area contributed by atoms with Gasteiger partial charge < -0.3 is 5.11 Å². The Hall–Kier alpha value is 0.270. The zero-order valence-corrected chi connectivity index (χ0v) is 10.8. The summed E-state index contributed by atoms with van der Waals surface area (Å²) in [6.45, 7) is 4.45. The van der Waals surface area contributed by atoms with Crippen LogP contribution >= 0.6 is 12.6 Å². The van der Waals surface area contributed by atoms with E-state index in [1.54, 1.807) is 0 Å². The van der Waals surface area contributed by atoms with Gasteiger partial charge in [-0.15, -0.1) is 0 Å². The number of hydrogen-bond donors (Lipinski definition) is 2.